The Morgan fingerprint density at radius 3 is 2.90 bits per heavy atom. The van der Waals surface area contributed by atoms with Crippen LogP contribution in [0.15, 0.2) is 24.5 Å². The molecule has 1 amide bonds. The predicted molar refractivity (Wildman–Crippen MR) is 77.3 cm³/mol. The van der Waals surface area contributed by atoms with E-state index >= 15 is 0 Å². The Kier molecular flexibility index (Phi) is 5.49. The van der Waals surface area contributed by atoms with Gasteiger partial charge < -0.3 is 9.64 Å². The number of morpholine rings is 1. The molecule has 5 nitrogen and oxygen atoms in total. The summed E-state index contributed by atoms with van der Waals surface area (Å²) in [5.74, 6) is 0.221. The van der Waals surface area contributed by atoms with Gasteiger partial charge in [0.1, 0.15) is 0 Å². The smallest absolute Gasteiger partial charge is 0.224 e. The van der Waals surface area contributed by atoms with Gasteiger partial charge in [0.15, 0.2) is 0 Å². The molecule has 0 N–H and O–H groups in total. The highest BCUT2D eigenvalue weighted by Crippen LogP contribution is 2.17. The highest BCUT2D eigenvalue weighted by atomic mass is 16.5. The molecule has 0 aliphatic carbocycles. The molecule has 1 aromatic heterocycles. The lowest BCUT2D eigenvalue weighted by Crippen LogP contribution is -2.41. The zero-order valence-electron chi connectivity index (χ0n) is 12.3. The van der Waals surface area contributed by atoms with E-state index < -0.39 is 0 Å². The van der Waals surface area contributed by atoms with Gasteiger partial charge in [-0.15, -0.1) is 0 Å². The van der Waals surface area contributed by atoms with Gasteiger partial charge in [-0.3, -0.25) is 14.7 Å². The summed E-state index contributed by atoms with van der Waals surface area (Å²) in [7, 11) is 2.05. The molecule has 2 heterocycles. The first-order valence-electron chi connectivity index (χ1n) is 7.14. The van der Waals surface area contributed by atoms with Crippen molar-refractivity contribution in [2.75, 3.05) is 39.9 Å². The fourth-order valence-electron chi connectivity index (χ4n) is 2.31. The average molecular weight is 277 g/mol. The van der Waals surface area contributed by atoms with E-state index in [4.69, 9.17) is 4.74 Å². The van der Waals surface area contributed by atoms with Crippen molar-refractivity contribution in [2.24, 2.45) is 0 Å². The third-order valence-electron chi connectivity index (χ3n) is 3.87. The summed E-state index contributed by atoms with van der Waals surface area (Å²) in [4.78, 5) is 20.3. The van der Waals surface area contributed by atoms with Gasteiger partial charge in [0, 0.05) is 44.5 Å². The number of carbonyl (C=O) groups excluding carboxylic acids is 1. The fraction of sp³-hybridized carbons (Fsp3) is 0.600. The Balaban J connectivity index is 1.79. The Bertz CT molecular complexity index is 418. The van der Waals surface area contributed by atoms with Crippen LogP contribution < -0.4 is 0 Å². The Hall–Kier alpha value is -1.46. The summed E-state index contributed by atoms with van der Waals surface area (Å²) in [6.07, 6.45) is 4.21. The third kappa shape index (κ3) is 4.02. The van der Waals surface area contributed by atoms with Crippen LogP contribution in [0.25, 0.3) is 0 Å². The molecular weight excluding hydrogens is 254 g/mol. The number of ether oxygens (including phenoxy) is 1. The molecule has 0 spiro atoms. The fourth-order valence-corrected chi connectivity index (χ4v) is 2.31. The molecule has 0 radical (unpaired) electrons. The normalized spacial score (nSPS) is 17.2. The molecule has 1 fully saturated rings. The van der Waals surface area contributed by atoms with Crippen LogP contribution in [0.1, 0.15) is 24.9 Å². The standard InChI is InChI=1S/C15H23N3O2/c1-13(14-4-3-6-16-12-14)17(2)7-5-15(19)18-8-10-20-11-9-18/h3-4,6,12-13H,5,7-11H2,1-2H3. The van der Waals surface area contributed by atoms with Crippen molar-refractivity contribution < 1.29 is 9.53 Å². The number of rotatable bonds is 5. The number of amides is 1. The van der Waals surface area contributed by atoms with Crippen molar-refractivity contribution in [1.82, 2.24) is 14.8 Å². The van der Waals surface area contributed by atoms with Crippen molar-refractivity contribution in [3.8, 4) is 0 Å². The molecule has 1 saturated heterocycles. The van der Waals surface area contributed by atoms with Gasteiger partial charge >= 0.3 is 0 Å². The molecule has 0 aromatic carbocycles. The van der Waals surface area contributed by atoms with Crippen molar-refractivity contribution in [3.05, 3.63) is 30.1 Å². The maximum Gasteiger partial charge on any atom is 0.224 e. The van der Waals surface area contributed by atoms with Gasteiger partial charge in [-0.1, -0.05) is 6.07 Å². The van der Waals surface area contributed by atoms with Crippen LogP contribution in [0.2, 0.25) is 0 Å². The molecule has 0 saturated carbocycles. The number of hydrogen-bond donors (Lipinski definition) is 0. The number of carbonyl (C=O) groups is 1. The monoisotopic (exact) mass is 277 g/mol. The average Bonchev–Trinajstić information content (AvgIpc) is 2.53. The van der Waals surface area contributed by atoms with E-state index in [1.54, 1.807) is 6.20 Å². The number of nitrogens with zero attached hydrogens (tertiary/aromatic N) is 3. The van der Waals surface area contributed by atoms with Crippen LogP contribution in [0.4, 0.5) is 0 Å². The Morgan fingerprint density at radius 1 is 1.50 bits per heavy atom. The van der Waals surface area contributed by atoms with Crippen molar-refractivity contribution in [1.29, 1.82) is 0 Å². The molecule has 20 heavy (non-hydrogen) atoms. The molecule has 5 heteroatoms. The molecule has 1 aliphatic rings. The highest BCUT2D eigenvalue weighted by Gasteiger charge is 2.18. The van der Waals surface area contributed by atoms with Gasteiger partial charge in [0.2, 0.25) is 5.91 Å². The van der Waals surface area contributed by atoms with Crippen LogP contribution >= 0.6 is 0 Å². The zero-order chi connectivity index (χ0) is 14.4. The molecule has 110 valence electrons. The summed E-state index contributed by atoms with van der Waals surface area (Å²) in [6.45, 7) is 5.66. The minimum Gasteiger partial charge on any atom is -0.378 e. The zero-order valence-corrected chi connectivity index (χ0v) is 12.3. The second kappa shape index (κ2) is 7.36. The first kappa shape index (κ1) is 14.9. The lowest BCUT2D eigenvalue weighted by atomic mass is 10.1. The van der Waals surface area contributed by atoms with Gasteiger partial charge in [-0.25, -0.2) is 0 Å². The van der Waals surface area contributed by atoms with Crippen LogP contribution in [0, 0.1) is 0 Å². The molecule has 1 aliphatic heterocycles. The van der Waals surface area contributed by atoms with Gasteiger partial charge in [0.25, 0.3) is 0 Å². The van der Waals surface area contributed by atoms with Crippen molar-refractivity contribution in [2.45, 2.75) is 19.4 Å². The molecule has 2 rings (SSSR count). The molecule has 0 bridgehead atoms. The van der Waals surface area contributed by atoms with E-state index in [1.807, 2.05) is 24.2 Å². The first-order valence-corrected chi connectivity index (χ1v) is 7.14. The SMILES string of the molecule is CC(c1cccnc1)N(C)CCC(=O)N1CCOCC1. The van der Waals surface area contributed by atoms with E-state index in [-0.39, 0.29) is 11.9 Å². The van der Waals surface area contributed by atoms with Crippen LogP contribution in [0.3, 0.4) is 0 Å². The predicted octanol–water partition coefficient (Wildman–Crippen LogP) is 1.32. The quantitative estimate of drug-likeness (QED) is 0.814. The maximum atomic E-state index is 12.1. The molecular formula is C15H23N3O2. The molecule has 1 unspecified atom stereocenters. The lowest BCUT2D eigenvalue weighted by molar-refractivity contribution is -0.135. The second-order valence-electron chi connectivity index (χ2n) is 5.19. The maximum absolute atomic E-state index is 12.1. The summed E-state index contributed by atoms with van der Waals surface area (Å²) in [5, 5.41) is 0. The van der Waals surface area contributed by atoms with Gasteiger partial charge in [-0.2, -0.15) is 0 Å². The minimum absolute atomic E-state index is 0.221. The van der Waals surface area contributed by atoms with E-state index in [0.29, 0.717) is 19.6 Å². The summed E-state index contributed by atoms with van der Waals surface area (Å²) < 4.78 is 5.26. The van der Waals surface area contributed by atoms with E-state index in [1.165, 1.54) is 5.56 Å². The first-order chi connectivity index (χ1) is 9.68. The largest absolute Gasteiger partial charge is 0.378 e. The minimum atomic E-state index is 0.221. The molecule has 1 aromatic rings. The van der Waals surface area contributed by atoms with Crippen molar-refractivity contribution >= 4 is 5.91 Å². The Labute approximate surface area is 120 Å². The summed E-state index contributed by atoms with van der Waals surface area (Å²) in [6, 6.07) is 4.28. The van der Waals surface area contributed by atoms with Gasteiger partial charge in [-0.05, 0) is 25.6 Å². The summed E-state index contributed by atoms with van der Waals surface area (Å²) in [5.41, 5.74) is 1.17. The number of hydrogen-bond acceptors (Lipinski definition) is 4. The van der Waals surface area contributed by atoms with E-state index in [9.17, 15) is 4.79 Å². The number of aromatic nitrogens is 1. The topological polar surface area (TPSA) is 45.7 Å². The summed E-state index contributed by atoms with van der Waals surface area (Å²) >= 11 is 0. The van der Waals surface area contributed by atoms with Crippen LogP contribution in [-0.2, 0) is 9.53 Å². The van der Waals surface area contributed by atoms with Crippen molar-refractivity contribution in [3.63, 3.8) is 0 Å². The number of pyridine rings is 1. The van der Waals surface area contributed by atoms with Crippen LogP contribution in [0.5, 0.6) is 0 Å². The third-order valence-corrected chi connectivity index (χ3v) is 3.87. The molecule has 1 atom stereocenters. The second-order valence-corrected chi connectivity index (χ2v) is 5.19. The highest BCUT2D eigenvalue weighted by molar-refractivity contribution is 5.76. The van der Waals surface area contributed by atoms with E-state index in [0.717, 1.165) is 19.6 Å². The lowest BCUT2D eigenvalue weighted by Gasteiger charge is -2.29. The van der Waals surface area contributed by atoms with E-state index in [2.05, 4.69) is 22.9 Å². The Morgan fingerprint density at radius 2 is 2.25 bits per heavy atom. The van der Waals surface area contributed by atoms with Crippen LogP contribution in [-0.4, -0.2) is 60.6 Å². The van der Waals surface area contributed by atoms with Gasteiger partial charge in [0.05, 0.1) is 13.2 Å².